The molecule has 0 N–H and O–H groups in total. The van der Waals surface area contributed by atoms with E-state index in [1.165, 1.54) is 0 Å². The van der Waals surface area contributed by atoms with Crippen molar-refractivity contribution >= 4 is 22.8 Å². The minimum absolute atomic E-state index is 0.166. The number of imidazole rings is 1. The van der Waals surface area contributed by atoms with Crippen LogP contribution in [0.4, 0.5) is 0 Å². The Morgan fingerprint density at radius 1 is 1.25 bits per heavy atom. The zero-order valence-corrected chi connectivity index (χ0v) is 12.1. The van der Waals surface area contributed by atoms with Gasteiger partial charge in [-0.3, -0.25) is 4.68 Å². The zero-order valence-electron chi connectivity index (χ0n) is 11.4. The van der Waals surface area contributed by atoms with Gasteiger partial charge in [0.1, 0.15) is 11.3 Å². The molecule has 3 heterocycles. The van der Waals surface area contributed by atoms with Crippen LogP contribution in [0.5, 0.6) is 0 Å². The quantitative estimate of drug-likeness (QED) is 0.692. The van der Waals surface area contributed by atoms with Gasteiger partial charge in [0.2, 0.25) is 0 Å². The second-order valence-corrected chi connectivity index (χ2v) is 5.35. The summed E-state index contributed by atoms with van der Waals surface area (Å²) in [5.41, 5.74) is 2.71. The van der Waals surface area contributed by atoms with Crippen LogP contribution in [0.25, 0.3) is 11.2 Å². The molecule has 0 bridgehead atoms. The molecular weight excluding hydrogens is 276 g/mol. The summed E-state index contributed by atoms with van der Waals surface area (Å²) in [4.78, 5) is 9.15. The Bertz CT molecular complexity index is 716. The lowest BCUT2D eigenvalue weighted by molar-refractivity contribution is 0.513. The van der Waals surface area contributed by atoms with E-state index in [0.29, 0.717) is 13.1 Å². The van der Waals surface area contributed by atoms with E-state index in [1.54, 1.807) is 10.9 Å². The SMILES string of the molecule is Cc1ccc2nc(C(C)Cl)n(CCn3ccnn3)c2n1. The highest BCUT2D eigenvalue weighted by Gasteiger charge is 2.16. The first kappa shape index (κ1) is 13.1. The highest BCUT2D eigenvalue weighted by molar-refractivity contribution is 6.20. The van der Waals surface area contributed by atoms with E-state index in [9.17, 15) is 0 Å². The number of hydrogen-bond acceptors (Lipinski definition) is 4. The minimum atomic E-state index is -0.166. The molecule has 3 aromatic rings. The summed E-state index contributed by atoms with van der Waals surface area (Å²) < 4.78 is 3.84. The molecule has 0 aliphatic heterocycles. The van der Waals surface area contributed by atoms with E-state index < -0.39 is 0 Å². The smallest absolute Gasteiger partial charge is 0.160 e. The van der Waals surface area contributed by atoms with Gasteiger partial charge in [-0.15, -0.1) is 16.7 Å². The average molecular weight is 291 g/mol. The maximum Gasteiger partial charge on any atom is 0.160 e. The first-order valence-corrected chi connectivity index (χ1v) is 6.91. The molecule has 0 amide bonds. The van der Waals surface area contributed by atoms with Gasteiger partial charge in [-0.25, -0.2) is 9.97 Å². The summed E-state index contributed by atoms with van der Waals surface area (Å²) in [6.45, 7) is 5.31. The summed E-state index contributed by atoms with van der Waals surface area (Å²) >= 11 is 6.23. The summed E-state index contributed by atoms with van der Waals surface area (Å²) in [6, 6.07) is 3.94. The molecule has 0 fully saturated rings. The maximum absolute atomic E-state index is 6.23. The molecule has 1 atom stereocenters. The van der Waals surface area contributed by atoms with Crippen molar-refractivity contribution in [1.29, 1.82) is 0 Å². The highest BCUT2D eigenvalue weighted by Crippen LogP contribution is 2.23. The largest absolute Gasteiger partial charge is 0.310 e. The molecule has 104 valence electrons. The van der Waals surface area contributed by atoms with Gasteiger partial charge >= 0.3 is 0 Å². The Morgan fingerprint density at radius 3 is 2.80 bits per heavy atom. The molecule has 20 heavy (non-hydrogen) atoms. The first-order valence-electron chi connectivity index (χ1n) is 6.47. The molecule has 3 rings (SSSR count). The Balaban J connectivity index is 2.01. The van der Waals surface area contributed by atoms with Crippen molar-refractivity contribution < 1.29 is 0 Å². The number of hydrogen-bond donors (Lipinski definition) is 0. The van der Waals surface area contributed by atoms with E-state index in [1.807, 2.05) is 32.2 Å². The maximum atomic E-state index is 6.23. The van der Waals surface area contributed by atoms with Crippen molar-refractivity contribution in [3.63, 3.8) is 0 Å². The molecule has 1 unspecified atom stereocenters. The Labute approximate surface area is 121 Å². The topological polar surface area (TPSA) is 61.4 Å². The third kappa shape index (κ3) is 2.38. The molecule has 0 radical (unpaired) electrons. The van der Waals surface area contributed by atoms with Crippen molar-refractivity contribution in [2.45, 2.75) is 32.3 Å². The van der Waals surface area contributed by atoms with Crippen molar-refractivity contribution in [3.8, 4) is 0 Å². The molecule has 6 nitrogen and oxygen atoms in total. The van der Waals surface area contributed by atoms with E-state index in [2.05, 4.69) is 24.8 Å². The second kappa shape index (κ2) is 5.20. The summed E-state index contributed by atoms with van der Waals surface area (Å²) in [5.74, 6) is 0.833. The van der Waals surface area contributed by atoms with Crippen LogP contribution in [0.3, 0.4) is 0 Å². The number of nitrogens with zero attached hydrogens (tertiary/aromatic N) is 6. The first-order chi connectivity index (χ1) is 9.65. The predicted octanol–water partition coefficient (Wildman–Crippen LogP) is 2.33. The van der Waals surface area contributed by atoms with Crippen LogP contribution in [-0.4, -0.2) is 29.5 Å². The van der Waals surface area contributed by atoms with Gasteiger partial charge < -0.3 is 4.57 Å². The number of pyridine rings is 1. The van der Waals surface area contributed by atoms with Gasteiger partial charge in [0.05, 0.1) is 18.1 Å². The van der Waals surface area contributed by atoms with Gasteiger partial charge in [0.15, 0.2) is 5.65 Å². The lowest BCUT2D eigenvalue weighted by Gasteiger charge is -2.09. The molecule has 7 heteroatoms. The van der Waals surface area contributed by atoms with Gasteiger partial charge in [-0.2, -0.15) is 0 Å². The van der Waals surface area contributed by atoms with Crippen LogP contribution < -0.4 is 0 Å². The third-order valence-corrected chi connectivity index (χ3v) is 3.34. The van der Waals surface area contributed by atoms with Crippen LogP contribution in [0, 0.1) is 6.92 Å². The summed E-state index contributed by atoms with van der Waals surface area (Å²) in [5, 5.41) is 7.60. The highest BCUT2D eigenvalue weighted by atomic mass is 35.5. The number of aryl methyl sites for hydroxylation is 3. The van der Waals surface area contributed by atoms with Crippen LogP contribution in [-0.2, 0) is 13.1 Å². The minimum Gasteiger partial charge on any atom is -0.310 e. The normalized spacial score (nSPS) is 12.9. The number of aromatic nitrogens is 6. The lowest BCUT2D eigenvalue weighted by Crippen LogP contribution is -2.12. The Morgan fingerprint density at radius 2 is 2.10 bits per heavy atom. The molecule has 0 spiro atoms. The van der Waals surface area contributed by atoms with Crippen molar-refractivity contribution in [3.05, 3.63) is 36.0 Å². The van der Waals surface area contributed by atoms with Crippen molar-refractivity contribution in [2.24, 2.45) is 0 Å². The zero-order chi connectivity index (χ0) is 14.1. The second-order valence-electron chi connectivity index (χ2n) is 4.70. The van der Waals surface area contributed by atoms with Gasteiger partial charge in [-0.05, 0) is 26.0 Å². The number of fused-ring (bicyclic) bond motifs is 1. The molecular formula is C13H15ClN6. The predicted molar refractivity (Wildman–Crippen MR) is 76.6 cm³/mol. The fraction of sp³-hybridized carbons (Fsp3) is 0.385. The Kier molecular flexibility index (Phi) is 3.40. The molecule has 0 aliphatic carbocycles. The molecule has 0 aliphatic rings. The molecule has 0 saturated heterocycles. The van der Waals surface area contributed by atoms with E-state index in [-0.39, 0.29) is 5.38 Å². The fourth-order valence-corrected chi connectivity index (χ4v) is 2.36. The molecule has 0 aromatic carbocycles. The number of rotatable bonds is 4. The van der Waals surface area contributed by atoms with Crippen LogP contribution in [0.2, 0.25) is 0 Å². The summed E-state index contributed by atoms with van der Waals surface area (Å²) in [6.07, 6.45) is 3.50. The number of alkyl halides is 1. The van der Waals surface area contributed by atoms with Crippen LogP contribution in [0.1, 0.15) is 23.8 Å². The third-order valence-electron chi connectivity index (χ3n) is 3.14. The summed E-state index contributed by atoms with van der Waals surface area (Å²) in [7, 11) is 0. The van der Waals surface area contributed by atoms with Crippen LogP contribution >= 0.6 is 11.6 Å². The van der Waals surface area contributed by atoms with E-state index in [0.717, 1.165) is 22.7 Å². The van der Waals surface area contributed by atoms with Crippen molar-refractivity contribution in [2.75, 3.05) is 0 Å². The van der Waals surface area contributed by atoms with Crippen molar-refractivity contribution in [1.82, 2.24) is 29.5 Å². The monoisotopic (exact) mass is 290 g/mol. The average Bonchev–Trinajstić information content (AvgIpc) is 3.03. The van der Waals surface area contributed by atoms with Gasteiger partial charge in [-0.1, -0.05) is 5.21 Å². The standard InChI is InChI=1S/C13H15ClN6/c1-9-3-4-11-13(16-9)20(12(17-11)10(2)14)8-7-19-6-5-15-18-19/h3-6,10H,7-8H2,1-2H3. The molecule has 3 aromatic heterocycles. The van der Waals surface area contributed by atoms with Gasteiger partial charge in [0.25, 0.3) is 0 Å². The van der Waals surface area contributed by atoms with Gasteiger partial charge in [0, 0.05) is 18.4 Å². The number of halogens is 1. The Hall–Kier alpha value is -1.95. The molecule has 0 saturated carbocycles. The van der Waals surface area contributed by atoms with E-state index >= 15 is 0 Å². The van der Waals surface area contributed by atoms with E-state index in [4.69, 9.17) is 11.6 Å². The van der Waals surface area contributed by atoms with Crippen LogP contribution in [0.15, 0.2) is 24.5 Å². The fourth-order valence-electron chi connectivity index (χ4n) is 2.19. The lowest BCUT2D eigenvalue weighted by atomic mass is 10.3.